The maximum absolute atomic E-state index is 10.8. The number of carbonyl (C=O) groups excluding carboxylic acids is 2. The molecule has 0 aromatic heterocycles. The molecule has 0 spiro atoms. The van der Waals surface area contributed by atoms with Crippen LogP contribution in [0.3, 0.4) is 0 Å². The van der Waals surface area contributed by atoms with Crippen molar-refractivity contribution >= 4 is 25.7 Å². The van der Waals surface area contributed by atoms with Crippen molar-refractivity contribution < 1.29 is 38.4 Å². The maximum Gasteiger partial charge on any atom is 0.526 e. The number of nitrogens with one attached hydrogen (secondary N) is 1. The third-order valence-corrected chi connectivity index (χ3v) is 1.71. The van der Waals surface area contributed by atoms with Crippen LogP contribution in [0.25, 0.3) is 0 Å². The van der Waals surface area contributed by atoms with Crippen molar-refractivity contribution in [3.63, 3.8) is 0 Å². The zero-order chi connectivity index (χ0) is 12.9. The largest absolute Gasteiger partial charge is 0.526 e. The predicted molar refractivity (Wildman–Crippen MR) is 48.0 cm³/mol. The van der Waals surface area contributed by atoms with Gasteiger partial charge < -0.3 is 14.9 Å². The highest BCUT2D eigenvalue weighted by Gasteiger charge is 2.27. The fourth-order valence-corrected chi connectivity index (χ4v) is 1.12. The quantitative estimate of drug-likeness (QED) is 0.438. The van der Waals surface area contributed by atoms with Gasteiger partial charge in [-0.3, -0.25) is 19.4 Å². The van der Waals surface area contributed by atoms with E-state index in [1.54, 1.807) is 0 Å². The number of carboxylic acids is 1. The Kier molecular flexibility index (Phi) is 5.09. The highest BCUT2D eigenvalue weighted by atomic mass is 31.2. The van der Waals surface area contributed by atoms with Crippen molar-refractivity contribution in [1.82, 2.24) is 5.32 Å². The monoisotopic (exact) mass is 255 g/mol. The number of carbonyl (C=O) groups is 3. The minimum Gasteiger partial charge on any atom is -0.480 e. The molecule has 0 saturated carbocycles. The van der Waals surface area contributed by atoms with Gasteiger partial charge in [0, 0.05) is 6.92 Å². The van der Waals surface area contributed by atoms with Gasteiger partial charge in [0.2, 0.25) is 5.91 Å². The zero-order valence-corrected chi connectivity index (χ0v) is 9.01. The number of hydrogen-bond acceptors (Lipinski definition) is 5. The molecule has 0 rings (SSSR count). The first-order chi connectivity index (χ1) is 7.11. The van der Waals surface area contributed by atoms with Gasteiger partial charge in [0.1, 0.15) is 6.04 Å². The van der Waals surface area contributed by atoms with Gasteiger partial charge in [-0.2, -0.15) is 0 Å². The zero-order valence-electron chi connectivity index (χ0n) is 8.11. The Morgan fingerprint density at radius 3 is 2.19 bits per heavy atom. The van der Waals surface area contributed by atoms with E-state index in [0.717, 1.165) is 6.92 Å². The van der Waals surface area contributed by atoms with Crippen molar-refractivity contribution in [3.05, 3.63) is 0 Å². The number of aliphatic carboxylic acids is 1. The summed E-state index contributed by atoms with van der Waals surface area (Å²) in [5, 5.41) is 10.5. The van der Waals surface area contributed by atoms with E-state index < -0.39 is 38.1 Å². The van der Waals surface area contributed by atoms with E-state index in [4.69, 9.17) is 14.9 Å². The summed E-state index contributed by atoms with van der Waals surface area (Å²) >= 11 is 0. The van der Waals surface area contributed by atoms with Gasteiger partial charge in [0.15, 0.2) is 0 Å². The molecule has 4 N–H and O–H groups in total. The molecule has 0 aliphatic carbocycles. The molecule has 92 valence electrons. The second-order valence-corrected chi connectivity index (χ2v) is 3.91. The molecule has 0 heterocycles. The van der Waals surface area contributed by atoms with Gasteiger partial charge in [0.05, 0.1) is 6.42 Å². The molecule has 0 bridgehead atoms. The lowest BCUT2D eigenvalue weighted by molar-refractivity contribution is -0.146. The fourth-order valence-electron chi connectivity index (χ4n) is 0.782. The maximum atomic E-state index is 10.8. The van der Waals surface area contributed by atoms with Crippen molar-refractivity contribution in [2.45, 2.75) is 19.4 Å². The van der Waals surface area contributed by atoms with Crippen molar-refractivity contribution in [2.24, 2.45) is 0 Å². The van der Waals surface area contributed by atoms with Gasteiger partial charge in [0.25, 0.3) is 0 Å². The first-order valence-electron chi connectivity index (χ1n) is 3.89. The first-order valence-corrected chi connectivity index (χ1v) is 5.42. The number of hydrogen-bond donors (Lipinski definition) is 4. The molecule has 0 aromatic rings. The van der Waals surface area contributed by atoms with Crippen LogP contribution in [0.5, 0.6) is 0 Å². The van der Waals surface area contributed by atoms with Crippen LogP contribution in [0.15, 0.2) is 0 Å². The highest BCUT2D eigenvalue weighted by molar-refractivity contribution is 7.46. The summed E-state index contributed by atoms with van der Waals surface area (Å²) in [5.74, 6) is -3.64. The number of amides is 1. The average Bonchev–Trinajstić information content (AvgIpc) is 1.97. The van der Waals surface area contributed by atoms with Crippen molar-refractivity contribution in [2.75, 3.05) is 0 Å². The Bertz CT molecular complexity index is 346. The summed E-state index contributed by atoms with van der Waals surface area (Å²) in [7, 11) is -5.00. The molecule has 0 aliphatic rings. The van der Waals surface area contributed by atoms with E-state index in [9.17, 15) is 18.9 Å². The Labute approximate surface area is 89.6 Å². The summed E-state index contributed by atoms with van der Waals surface area (Å²) in [6.07, 6.45) is -0.875. The second kappa shape index (κ2) is 5.59. The minimum atomic E-state index is -5.00. The lowest BCUT2D eigenvalue weighted by Crippen LogP contribution is -2.41. The molecule has 0 aliphatic heterocycles. The van der Waals surface area contributed by atoms with Crippen LogP contribution in [0.2, 0.25) is 0 Å². The Balaban J connectivity index is 4.41. The molecular formula is C6H10NO8P. The second-order valence-electron chi connectivity index (χ2n) is 2.75. The van der Waals surface area contributed by atoms with Gasteiger partial charge >= 0.3 is 19.8 Å². The lowest BCUT2D eigenvalue weighted by Gasteiger charge is -2.12. The smallest absolute Gasteiger partial charge is 0.480 e. The normalized spacial score (nSPS) is 12.7. The summed E-state index contributed by atoms with van der Waals surface area (Å²) in [6.45, 7) is 1.03. The molecule has 16 heavy (non-hydrogen) atoms. The molecule has 0 aromatic carbocycles. The summed E-state index contributed by atoms with van der Waals surface area (Å²) < 4.78 is 13.8. The van der Waals surface area contributed by atoms with E-state index in [0.29, 0.717) is 0 Å². The third-order valence-electron chi connectivity index (χ3n) is 1.27. The van der Waals surface area contributed by atoms with Gasteiger partial charge in [-0.1, -0.05) is 0 Å². The van der Waals surface area contributed by atoms with Crippen LogP contribution < -0.4 is 5.32 Å². The minimum absolute atomic E-state index is 0.698. The number of carboxylic acid groups (broad SMARTS) is 1. The Morgan fingerprint density at radius 1 is 1.38 bits per heavy atom. The van der Waals surface area contributed by atoms with Crippen molar-refractivity contribution in [3.8, 4) is 0 Å². The van der Waals surface area contributed by atoms with Gasteiger partial charge in [-0.25, -0.2) is 9.36 Å². The lowest BCUT2D eigenvalue weighted by atomic mass is 10.2. The molecule has 0 radical (unpaired) electrons. The number of phosphoric acid groups is 1. The van der Waals surface area contributed by atoms with E-state index >= 15 is 0 Å². The molecule has 10 heteroatoms. The number of phosphoric ester groups is 1. The van der Waals surface area contributed by atoms with Crippen LogP contribution in [0.4, 0.5) is 0 Å². The Morgan fingerprint density at radius 2 is 1.88 bits per heavy atom. The van der Waals surface area contributed by atoms with E-state index in [1.807, 2.05) is 5.32 Å². The Hall–Kier alpha value is -1.44. The molecule has 0 unspecified atom stereocenters. The molecule has 1 atom stereocenters. The summed E-state index contributed by atoms with van der Waals surface area (Å²) in [5.41, 5.74) is 0. The van der Waals surface area contributed by atoms with Crippen LogP contribution >= 0.6 is 7.82 Å². The van der Waals surface area contributed by atoms with Crippen LogP contribution in [-0.4, -0.2) is 38.8 Å². The van der Waals surface area contributed by atoms with Gasteiger partial charge in [-0.15, -0.1) is 0 Å². The SMILES string of the molecule is CC(=O)N[C@@H](CC(=O)OP(=O)(O)O)C(=O)O. The summed E-state index contributed by atoms with van der Waals surface area (Å²) in [4.78, 5) is 48.4. The van der Waals surface area contributed by atoms with Crippen LogP contribution in [-0.2, 0) is 23.5 Å². The molecule has 9 nitrogen and oxygen atoms in total. The number of rotatable bonds is 5. The van der Waals surface area contributed by atoms with E-state index in [-0.39, 0.29) is 0 Å². The third kappa shape index (κ3) is 6.93. The molecule has 0 fully saturated rings. The van der Waals surface area contributed by atoms with Crippen molar-refractivity contribution in [1.29, 1.82) is 0 Å². The molecule has 1 amide bonds. The molecule has 0 saturated heterocycles. The van der Waals surface area contributed by atoms with Crippen LogP contribution in [0, 0.1) is 0 Å². The molecular weight excluding hydrogens is 245 g/mol. The summed E-state index contributed by atoms with van der Waals surface area (Å²) in [6, 6.07) is -1.59. The van der Waals surface area contributed by atoms with E-state index in [2.05, 4.69) is 4.52 Å². The standard InChI is InChI=1S/C6H10NO8P/c1-3(8)7-4(6(10)11)2-5(9)15-16(12,13)14/h4H,2H2,1H3,(H,7,8)(H,10,11)(H2,12,13,14)/t4-/m0/s1. The van der Waals surface area contributed by atoms with E-state index in [1.165, 1.54) is 0 Å². The first kappa shape index (κ1) is 14.6. The van der Waals surface area contributed by atoms with Crippen LogP contribution in [0.1, 0.15) is 13.3 Å². The topological polar surface area (TPSA) is 150 Å². The average molecular weight is 255 g/mol. The van der Waals surface area contributed by atoms with Gasteiger partial charge in [-0.05, 0) is 0 Å². The predicted octanol–water partition coefficient (Wildman–Crippen LogP) is -1.40. The fraction of sp³-hybridized carbons (Fsp3) is 0.500. The highest BCUT2D eigenvalue weighted by Crippen LogP contribution is 2.36.